The molecule has 1 heterocycles. The summed E-state index contributed by atoms with van der Waals surface area (Å²) in [5, 5.41) is 23.3. The Bertz CT molecular complexity index is 820. The van der Waals surface area contributed by atoms with Gasteiger partial charge in [0.05, 0.1) is 10.5 Å². The maximum atomic E-state index is 12.2. The van der Waals surface area contributed by atoms with Crippen LogP contribution in [0.15, 0.2) is 42.5 Å². The number of nitrogens with zero attached hydrogens (tertiary/aromatic N) is 1. The highest BCUT2D eigenvalue weighted by molar-refractivity contribution is 6.62. The quantitative estimate of drug-likeness (QED) is 0.509. The Morgan fingerprint density at radius 2 is 1.92 bits per heavy atom. The van der Waals surface area contributed by atoms with Crippen LogP contribution in [0.3, 0.4) is 0 Å². The van der Waals surface area contributed by atoms with Crippen LogP contribution in [0.4, 0.5) is 11.4 Å². The number of nitrogens with one attached hydrogen (secondary N) is 1. The molecular weight excluding hydrogens is 311 g/mol. The molecule has 0 aliphatic carbocycles. The van der Waals surface area contributed by atoms with Gasteiger partial charge in [0.1, 0.15) is 0 Å². The van der Waals surface area contributed by atoms with E-state index in [1.165, 1.54) is 24.3 Å². The van der Waals surface area contributed by atoms with Gasteiger partial charge in [0, 0.05) is 23.4 Å². The summed E-state index contributed by atoms with van der Waals surface area (Å²) in [5.74, 6) is -0.391. The average Bonchev–Trinajstić information content (AvgIpc) is 2.76. The minimum Gasteiger partial charge on any atom is -0.423 e. The highest BCUT2D eigenvalue weighted by atomic mass is 16.6. The number of fused-ring (bicyclic) bond motifs is 1. The minimum absolute atomic E-state index is 0.0772. The van der Waals surface area contributed by atoms with Gasteiger partial charge in [0.25, 0.3) is 11.6 Å². The predicted octanol–water partition coefficient (Wildman–Crippen LogP) is 1.80. The Labute approximate surface area is 138 Å². The standard InChI is InChI=1S/C16H15BN2O5/c1-16(2)13-8-5-11(9-14(13)17(21)24-16)18-15(20)10-3-6-12(7-4-10)19(22)23/h3-9,21H,1-2H3,(H,18,20). The Morgan fingerprint density at radius 3 is 2.54 bits per heavy atom. The van der Waals surface area contributed by atoms with Crippen LogP contribution in [0.5, 0.6) is 0 Å². The van der Waals surface area contributed by atoms with Crippen molar-refractivity contribution in [2.75, 3.05) is 5.32 Å². The molecule has 0 atom stereocenters. The zero-order valence-corrected chi connectivity index (χ0v) is 13.1. The van der Waals surface area contributed by atoms with Crippen molar-refractivity contribution in [1.29, 1.82) is 0 Å². The highest BCUT2D eigenvalue weighted by Gasteiger charge is 2.40. The molecule has 2 aromatic carbocycles. The average molecular weight is 326 g/mol. The van der Waals surface area contributed by atoms with Crippen molar-refractivity contribution in [2.45, 2.75) is 19.4 Å². The minimum atomic E-state index is -1.04. The largest absolute Gasteiger partial charge is 0.492 e. The van der Waals surface area contributed by atoms with E-state index in [0.29, 0.717) is 16.7 Å². The molecule has 3 rings (SSSR count). The second-order valence-corrected chi connectivity index (χ2v) is 6.04. The summed E-state index contributed by atoms with van der Waals surface area (Å²) in [5.41, 5.74) is 1.63. The lowest BCUT2D eigenvalue weighted by atomic mass is 9.78. The van der Waals surface area contributed by atoms with E-state index in [0.717, 1.165) is 5.56 Å². The second kappa shape index (κ2) is 5.74. The lowest BCUT2D eigenvalue weighted by Gasteiger charge is -2.19. The molecule has 24 heavy (non-hydrogen) atoms. The van der Waals surface area contributed by atoms with E-state index >= 15 is 0 Å². The normalized spacial score (nSPS) is 15.0. The van der Waals surface area contributed by atoms with Gasteiger partial charge >= 0.3 is 7.12 Å². The highest BCUT2D eigenvalue weighted by Crippen LogP contribution is 2.30. The number of carbonyl (C=O) groups excluding carboxylic acids is 1. The van der Waals surface area contributed by atoms with Gasteiger partial charge in [-0.15, -0.1) is 0 Å². The fourth-order valence-corrected chi connectivity index (χ4v) is 2.74. The third kappa shape index (κ3) is 2.89. The first kappa shape index (κ1) is 16.2. The summed E-state index contributed by atoms with van der Waals surface area (Å²) < 4.78 is 5.48. The molecule has 7 nitrogen and oxygen atoms in total. The van der Waals surface area contributed by atoms with E-state index < -0.39 is 23.5 Å². The number of nitro groups is 1. The molecule has 0 saturated heterocycles. The van der Waals surface area contributed by atoms with E-state index in [1.807, 2.05) is 13.8 Å². The molecule has 8 heteroatoms. The first-order valence-corrected chi connectivity index (χ1v) is 7.34. The van der Waals surface area contributed by atoms with Crippen LogP contribution < -0.4 is 10.8 Å². The third-order valence-electron chi connectivity index (χ3n) is 3.97. The number of hydrogen-bond donors (Lipinski definition) is 2. The van der Waals surface area contributed by atoms with Crippen LogP contribution in [0.25, 0.3) is 0 Å². The molecule has 0 bridgehead atoms. The molecule has 0 fully saturated rings. The van der Waals surface area contributed by atoms with Crippen LogP contribution in [-0.4, -0.2) is 23.0 Å². The van der Waals surface area contributed by atoms with Gasteiger partial charge in [0.15, 0.2) is 0 Å². The van der Waals surface area contributed by atoms with Gasteiger partial charge in [-0.3, -0.25) is 14.9 Å². The van der Waals surface area contributed by atoms with Gasteiger partial charge < -0.3 is 15.0 Å². The topological polar surface area (TPSA) is 102 Å². The van der Waals surface area contributed by atoms with Gasteiger partial charge in [-0.25, -0.2) is 0 Å². The number of non-ortho nitro benzene ring substituents is 1. The van der Waals surface area contributed by atoms with Crippen LogP contribution in [-0.2, 0) is 10.3 Å². The van der Waals surface area contributed by atoms with Gasteiger partial charge in [-0.1, -0.05) is 6.07 Å². The number of amides is 1. The van der Waals surface area contributed by atoms with Crippen molar-refractivity contribution in [3.8, 4) is 0 Å². The van der Waals surface area contributed by atoms with Crippen LogP contribution >= 0.6 is 0 Å². The van der Waals surface area contributed by atoms with Crippen LogP contribution in [0, 0.1) is 10.1 Å². The predicted molar refractivity (Wildman–Crippen MR) is 89.2 cm³/mol. The number of carbonyl (C=O) groups is 1. The smallest absolute Gasteiger partial charge is 0.423 e. The van der Waals surface area contributed by atoms with Crippen molar-refractivity contribution in [1.82, 2.24) is 0 Å². The fourth-order valence-electron chi connectivity index (χ4n) is 2.74. The van der Waals surface area contributed by atoms with Crippen molar-refractivity contribution >= 4 is 29.9 Å². The van der Waals surface area contributed by atoms with E-state index in [2.05, 4.69) is 5.32 Å². The van der Waals surface area contributed by atoms with Gasteiger partial charge in [0.2, 0.25) is 0 Å². The van der Waals surface area contributed by atoms with Crippen molar-refractivity contribution < 1.29 is 19.4 Å². The first-order valence-electron chi connectivity index (χ1n) is 7.34. The SMILES string of the molecule is CC1(C)OB(O)c2cc(NC(=O)c3ccc([N+](=O)[O-])cc3)ccc21. The maximum Gasteiger partial charge on any atom is 0.492 e. The number of benzene rings is 2. The number of rotatable bonds is 3. The second-order valence-electron chi connectivity index (χ2n) is 6.04. The molecule has 1 aliphatic rings. The van der Waals surface area contributed by atoms with Crippen molar-refractivity contribution in [3.63, 3.8) is 0 Å². The first-order chi connectivity index (χ1) is 11.3. The maximum absolute atomic E-state index is 12.2. The third-order valence-corrected chi connectivity index (χ3v) is 3.97. The molecule has 2 N–H and O–H groups in total. The molecule has 0 aromatic heterocycles. The monoisotopic (exact) mass is 326 g/mol. The summed E-state index contributed by atoms with van der Waals surface area (Å²) in [6.45, 7) is 3.72. The fraction of sp³-hybridized carbons (Fsp3) is 0.188. The van der Waals surface area contributed by atoms with Crippen molar-refractivity contribution in [2.24, 2.45) is 0 Å². The molecular formula is C16H15BN2O5. The summed E-state index contributed by atoms with van der Waals surface area (Å²) in [6, 6.07) is 10.5. The molecule has 0 saturated carbocycles. The molecule has 1 amide bonds. The number of nitro benzene ring substituents is 1. The Morgan fingerprint density at radius 1 is 1.25 bits per heavy atom. The number of anilines is 1. The lowest BCUT2D eigenvalue weighted by molar-refractivity contribution is -0.384. The zero-order valence-electron chi connectivity index (χ0n) is 13.1. The summed E-state index contributed by atoms with van der Waals surface area (Å²) in [7, 11) is -1.04. The van der Waals surface area contributed by atoms with E-state index in [-0.39, 0.29) is 5.69 Å². The Hall–Kier alpha value is -2.71. The van der Waals surface area contributed by atoms with Crippen molar-refractivity contribution in [3.05, 3.63) is 63.7 Å². The Kier molecular flexibility index (Phi) is 3.86. The van der Waals surface area contributed by atoms with E-state index in [9.17, 15) is 19.9 Å². The van der Waals surface area contributed by atoms with Gasteiger partial charge in [-0.2, -0.15) is 0 Å². The van der Waals surface area contributed by atoms with E-state index in [4.69, 9.17) is 4.65 Å². The summed E-state index contributed by atoms with van der Waals surface area (Å²) >= 11 is 0. The Balaban J connectivity index is 1.80. The van der Waals surface area contributed by atoms with E-state index in [1.54, 1.807) is 18.2 Å². The zero-order chi connectivity index (χ0) is 17.5. The van der Waals surface area contributed by atoms with Gasteiger partial charge in [-0.05, 0) is 49.1 Å². The molecule has 0 spiro atoms. The molecule has 2 aromatic rings. The molecule has 122 valence electrons. The lowest BCUT2D eigenvalue weighted by Crippen LogP contribution is -2.29. The molecule has 0 unspecified atom stereocenters. The molecule has 0 radical (unpaired) electrons. The van der Waals surface area contributed by atoms with Crippen LogP contribution in [0.1, 0.15) is 29.8 Å². The summed E-state index contributed by atoms with van der Waals surface area (Å²) in [4.78, 5) is 22.3. The number of hydrogen-bond acceptors (Lipinski definition) is 5. The molecule has 1 aliphatic heterocycles. The summed E-state index contributed by atoms with van der Waals surface area (Å²) in [6.07, 6.45) is 0. The van der Waals surface area contributed by atoms with Crippen LogP contribution in [0.2, 0.25) is 0 Å².